The third-order valence-electron chi connectivity index (χ3n) is 2.40. The molecule has 5 heteroatoms. The standard InChI is InChI=1S/C14H10Br2O2S/c1-18-14(17)9-2-5-11(6-3-9)19-13-7-4-10(15)8-12(13)16/h2-8H,1H3. The van der Waals surface area contributed by atoms with E-state index in [1.54, 1.807) is 23.9 Å². The van der Waals surface area contributed by atoms with Crippen molar-refractivity contribution in [3.05, 3.63) is 57.0 Å². The lowest BCUT2D eigenvalue weighted by molar-refractivity contribution is 0.0600. The monoisotopic (exact) mass is 400 g/mol. The van der Waals surface area contributed by atoms with Crippen molar-refractivity contribution in [2.24, 2.45) is 0 Å². The molecule has 98 valence electrons. The minimum atomic E-state index is -0.318. The van der Waals surface area contributed by atoms with Crippen LogP contribution < -0.4 is 0 Å². The first-order valence-corrected chi connectivity index (χ1v) is 7.81. The Hall–Kier alpha value is -0.780. The molecule has 19 heavy (non-hydrogen) atoms. The van der Waals surface area contributed by atoms with E-state index < -0.39 is 0 Å². The largest absolute Gasteiger partial charge is 0.465 e. The number of carbonyl (C=O) groups is 1. The molecule has 0 amide bonds. The van der Waals surface area contributed by atoms with E-state index in [0.29, 0.717) is 5.56 Å². The summed E-state index contributed by atoms with van der Waals surface area (Å²) in [5.74, 6) is -0.318. The van der Waals surface area contributed by atoms with Crippen molar-refractivity contribution < 1.29 is 9.53 Å². The topological polar surface area (TPSA) is 26.3 Å². The van der Waals surface area contributed by atoms with Crippen LogP contribution in [-0.2, 0) is 4.74 Å². The zero-order chi connectivity index (χ0) is 13.8. The van der Waals surface area contributed by atoms with Crippen LogP contribution in [0.2, 0.25) is 0 Å². The highest BCUT2D eigenvalue weighted by Gasteiger charge is 2.06. The van der Waals surface area contributed by atoms with Gasteiger partial charge in [-0.05, 0) is 58.4 Å². The number of benzene rings is 2. The average molecular weight is 402 g/mol. The van der Waals surface area contributed by atoms with Crippen LogP contribution in [0.15, 0.2) is 61.2 Å². The minimum absolute atomic E-state index is 0.318. The number of hydrogen-bond acceptors (Lipinski definition) is 3. The molecule has 2 nitrogen and oxygen atoms in total. The molecule has 0 radical (unpaired) electrons. The number of methoxy groups -OCH3 is 1. The van der Waals surface area contributed by atoms with Gasteiger partial charge in [0.2, 0.25) is 0 Å². The Morgan fingerprint density at radius 3 is 2.37 bits per heavy atom. The lowest BCUT2D eigenvalue weighted by atomic mass is 10.2. The van der Waals surface area contributed by atoms with Gasteiger partial charge in [-0.2, -0.15) is 0 Å². The van der Waals surface area contributed by atoms with Crippen LogP contribution in [0.4, 0.5) is 0 Å². The molecule has 0 heterocycles. The van der Waals surface area contributed by atoms with E-state index in [0.717, 1.165) is 18.7 Å². The Balaban J connectivity index is 2.17. The van der Waals surface area contributed by atoms with E-state index in [-0.39, 0.29) is 5.97 Å². The third-order valence-corrected chi connectivity index (χ3v) is 4.89. The van der Waals surface area contributed by atoms with Crippen molar-refractivity contribution in [2.45, 2.75) is 9.79 Å². The summed E-state index contributed by atoms with van der Waals surface area (Å²) in [6.45, 7) is 0. The van der Waals surface area contributed by atoms with E-state index in [1.165, 1.54) is 7.11 Å². The summed E-state index contributed by atoms with van der Waals surface area (Å²) < 4.78 is 6.73. The van der Waals surface area contributed by atoms with E-state index in [9.17, 15) is 4.79 Å². The highest BCUT2D eigenvalue weighted by Crippen LogP contribution is 2.35. The predicted octanol–water partition coefficient (Wildman–Crippen LogP) is 5.15. The number of hydrogen-bond donors (Lipinski definition) is 0. The van der Waals surface area contributed by atoms with Crippen LogP contribution in [0.3, 0.4) is 0 Å². The molecule has 0 fully saturated rings. The number of esters is 1. The normalized spacial score (nSPS) is 10.3. The zero-order valence-corrected chi connectivity index (χ0v) is 14.0. The van der Waals surface area contributed by atoms with Crippen LogP contribution in [-0.4, -0.2) is 13.1 Å². The van der Waals surface area contributed by atoms with E-state index in [2.05, 4.69) is 36.6 Å². The van der Waals surface area contributed by atoms with Gasteiger partial charge in [-0.15, -0.1) is 0 Å². The summed E-state index contributed by atoms with van der Waals surface area (Å²) in [6.07, 6.45) is 0. The number of rotatable bonds is 3. The first-order valence-electron chi connectivity index (χ1n) is 5.41. The summed E-state index contributed by atoms with van der Waals surface area (Å²) in [7, 11) is 1.38. The van der Waals surface area contributed by atoms with Crippen LogP contribution in [0.25, 0.3) is 0 Å². The lowest BCUT2D eigenvalue weighted by Gasteiger charge is -2.05. The molecule has 0 bridgehead atoms. The van der Waals surface area contributed by atoms with Gasteiger partial charge in [-0.25, -0.2) is 4.79 Å². The number of carbonyl (C=O) groups excluding carboxylic acids is 1. The molecule has 0 saturated carbocycles. The quantitative estimate of drug-likeness (QED) is 0.665. The Morgan fingerprint density at radius 1 is 1.11 bits per heavy atom. The predicted molar refractivity (Wildman–Crippen MR) is 83.7 cm³/mol. The molecular weight excluding hydrogens is 392 g/mol. The third kappa shape index (κ3) is 3.84. The van der Waals surface area contributed by atoms with Gasteiger partial charge in [0.15, 0.2) is 0 Å². The van der Waals surface area contributed by atoms with Gasteiger partial charge in [0.05, 0.1) is 12.7 Å². The summed E-state index contributed by atoms with van der Waals surface area (Å²) in [4.78, 5) is 13.5. The fourth-order valence-corrected chi connectivity index (χ4v) is 3.57. The van der Waals surface area contributed by atoms with Gasteiger partial charge in [0.25, 0.3) is 0 Å². The van der Waals surface area contributed by atoms with Gasteiger partial charge >= 0.3 is 5.97 Å². The summed E-state index contributed by atoms with van der Waals surface area (Å²) in [5, 5.41) is 0. The molecule has 0 aliphatic heterocycles. The molecule has 0 saturated heterocycles. The van der Waals surface area contributed by atoms with Crippen molar-refractivity contribution >= 4 is 49.6 Å². The van der Waals surface area contributed by atoms with Crippen LogP contribution >= 0.6 is 43.6 Å². The summed E-state index contributed by atoms with van der Waals surface area (Å²) >= 11 is 8.58. The maximum absolute atomic E-state index is 11.3. The second kappa shape index (κ2) is 6.59. The van der Waals surface area contributed by atoms with Crippen molar-refractivity contribution in [1.29, 1.82) is 0 Å². The maximum Gasteiger partial charge on any atom is 0.337 e. The first kappa shape index (κ1) is 14.6. The average Bonchev–Trinajstić information content (AvgIpc) is 2.42. The van der Waals surface area contributed by atoms with Gasteiger partial charge in [0, 0.05) is 18.7 Å². The Labute approximate surface area is 132 Å². The lowest BCUT2D eigenvalue weighted by Crippen LogP contribution is -2.00. The second-order valence-corrected chi connectivity index (χ2v) is 6.58. The van der Waals surface area contributed by atoms with E-state index >= 15 is 0 Å². The number of ether oxygens (including phenoxy) is 1. The van der Waals surface area contributed by atoms with E-state index in [4.69, 9.17) is 0 Å². The molecule has 0 N–H and O–H groups in total. The molecular formula is C14H10Br2O2S. The minimum Gasteiger partial charge on any atom is -0.465 e. The molecule has 0 aliphatic rings. The summed E-state index contributed by atoms with van der Waals surface area (Å²) in [6, 6.07) is 13.4. The molecule has 0 spiro atoms. The van der Waals surface area contributed by atoms with Crippen LogP contribution in [0.5, 0.6) is 0 Å². The van der Waals surface area contributed by atoms with Crippen molar-refractivity contribution in [2.75, 3.05) is 7.11 Å². The zero-order valence-electron chi connectivity index (χ0n) is 10.0. The molecule has 2 rings (SSSR count). The second-order valence-electron chi connectivity index (χ2n) is 3.69. The van der Waals surface area contributed by atoms with Crippen molar-refractivity contribution in [1.82, 2.24) is 0 Å². The fourth-order valence-electron chi connectivity index (χ4n) is 1.46. The molecule has 0 atom stereocenters. The maximum atomic E-state index is 11.3. The molecule has 2 aromatic carbocycles. The Bertz CT molecular complexity index is 597. The highest BCUT2D eigenvalue weighted by atomic mass is 79.9. The van der Waals surface area contributed by atoms with Gasteiger partial charge < -0.3 is 4.74 Å². The number of halogens is 2. The van der Waals surface area contributed by atoms with Crippen molar-refractivity contribution in [3.8, 4) is 0 Å². The van der Waals surface area contributed by atoms with E-state index in [1.807, 2.05) is 30.3 Å². The van der Waals surface area contributed by atoms with Crippen LogP contribution in [0.1, 0.15) is 10.4 Å². The SMILES string of the molecule is COC(=O)c1ccc(Sc2ccc(Br)cc2Br)cc1. The first-order chi connectivity index (χ1) is 9.10. The van der Waals surface area contributed by atoms with Gasteiger partial charge in [-0.3, -0.25) is 0 Å². The summed E-state index contributed by atoms with van der Waals surface area (Å²) in [5.41, 5.74) is 0.557. The van der Waals surface area contributed by atoms with Gasteiger partial charge in [-0.1, -0.05) is 27.7 Å². The highest BCUT2D eigenvalue weighted by molar-refractivity contribution is 9.11. The Kier molecular flexibility index (Phi) is 5.07. The van der Waals surface area contributed by atoms with Gasteiger partial charge in [0.1, 0.15) is 0 Å². The molecule has 0 aromatic heterocycles. The van der Waals surface area contributed by atoms with Crippen molar-refractivity contribution in [3.63, 3.8) is 0 Å². The molecule has 0 aliphatic carbocycles. The smallest absolute Gasteiger partial charge is 0.337 e. The fraction of sp³-hybridized carbons (Fsp3) is 0.0714. The molecule has 2 aromatic rings. The Morgan fingerprint density at radius 2 is 1.79 bits per heavy atom. The van der Waals surface area contributed by atoms with Crippen LogP contribution in [0, 0.1) is 0 Å². The molecule has 0 unspecified atom stereocenters.